The zero-order valence-corrected chi connectivity index (χ0v) is 20.8. The van der Waals surface area contributed by atoms with Crippen molar-refractivity contribution in [2.45, 2.75) is 63.6 Å². The summed E-state index contributed by atoms with van der Waals surface area (Å²) in [5.74, 6) is -0.768. The molecule has 3 aromatic rings. The molecular weight excluding hydrogens is 468 g/mol. The van der Waals surface area contributed by atoms with Crippen LogP contribution in [0.4, 0.5) is 0 Å². The Morgan fingerprint density at radius 1 is 1.12 bits per heavy atom. The highest BCUT2D eigenvalue weighted by atomic mass is 32.1. The maximum absolute atomic E-state index is 13.4. The summed E-state index contributed by atoms with van der Waals surface area (Å²) in [6, 6.07) is 4.35. The van der Waals surface area contributed by atoms with Gasteiger partial charge in [-0.3, -0.25) is 14.4 Å². The van der Waals surface area contributed by atoms with E-state index < -0.39 is 5.43 Å². The number of pyridine rings is 1. The van der Waals surface area contributed by atoms with Crippen LogP contribution in [-0.4, -0.2) is 39.4 Å². The second kappa shape index (κ2) is 9.84. The van der Waals surface area contributed by atoms with Crippen LogP contribution >= 0.6 is 22.7 Å². The summed E-state index contributed by atoms with van der Waals surface area (Å²) >= 11 is 3.17. The highest BCUT2D eigenvalue weighted by Crippen LogP contribution is 2.29. The van der Waals surface area contributed by atoms with E-state index in [1.807, 2.05) is 27.5 Å². The average Bonchev–Trinajstić information content (AvgIpc) is 3.29. The number of nitrogens with one attached hydrogen (secondary N) is 1. The first-order valence-electron chi connectivity index (χ1n) is 11.8. The van der Waals surface area contributed by atoms with Crippen LogP contribution in [0.5, 0.6) is 0 Å². The predicted octanol–water partition coefficient (Wildman–Crippen LogP) is 4.70. The van der Waals surface area contributed by atoms with Crippen LogP contribution in [0, 0.1) is 0 Å². The van der Waals surface area contributed by atoms with Gasteiger partial charge in [-0.1, -0.05) is 25.3 Å². The van der Waals surface area contributed by atoms with Gasteiger partial charge in [0.25, 0.3) is 11.8 Å². The Morgan fingerprint density at radius 3 is 2.59 bits per heavy atom. The molecule has 0 atom stereocenters. The normalized spacial score (nSPS) is 16.4. The van der Waals surface area contributed by atoms with Gasteiger partial charge >= 0.3 is 0 Å². The summed E-state index contributed by atoms with van der Waals surface area (Å²) in [6.07, 6.45) is 10.6. The van der Waals surface area contributed by atoms with E-state index in [1.165, 1.54) is 11.3 Å². The molecule has 2 aliphatic carbocycles. The summed E-state index contributed by atoms with van der Waals surface area (Å²) in [5.41, 5.74) is 0.384. The fraction of sp³-hybridized carbons (Fsp3) is 0.440. The van der Waals surface area contributed by atoms with Crippen molar-refractivity contribution in [3.8, 4) is 9.88 Å². The molecule has 2 saturated carbocycles. The van der Waals surface area contributed by atoms with Crippen LogP contribution < -0.4 is 10.7 Å². The highest BCUT2D eigenvalue weighted by molar-refractivity contribution is 7.20. The van der Waals surface area contributed by atoms with Gasteiger partial charge in [0.1, 0.15) is 16.1 Å². The molecule has 5 rings (SSSR count). The molecule has 3 heterocycles. The van der Waals surface area contributed by atoms with E-state index in [9.17, 15) is 14.4 Å². The number of rotatable bonds is 7. The fourth-order valence-corrected chi connectivity index (χ4v) is 6.03. The molecule has 0 unspecified atom stereocenters. The number of hydrogen-bond acceptors (Lipinski definition) is 6. The molecule has 9 heteroatoms. The molecule has 2 amide bonds. The molecule has 1 N–H and O–H groups in total. The molecule has 0 aliphatic heterocycles. The summed E-state index contributed by atoms with van der Waals surface area (Å²) in [4.78, 5) is 46.8. The Kier molecular flexibility index (Phi) is 6.65. The Balaban J connectivity index is 1.41. The lowest BCUT2D eigenvalue weighted by molar-refractivity contribution is 0.0781. The van der Waals surface area contributed by atoms with Gasteiger partial charge < -0.3 is 14.8 Å². The zero-order valence-electron chi connectivity index (χ0n) is 19.2. The minimum atomic E-state index is -0.500. The highest BCUT2D eigenvalue weighted by Gasteiger charge is 2.28. The van der Waals surface area contributed by atoms with Gasteiger partial charge in [-0.2, -0.15) is 0 Å². The lowest BCUT2D eigenvalue weighted by Crippen LogP contribution is -2.37. The van der Waals surface area contributed by atoms with Crippen molar-refractivity contribution < 1.29 is 9.59 Å². The number of thiophene rings is 1. The van der Waals surface area contributed by atoms with Gasteiger partial charge in [-0.15, -0.1) is 22.7 Å². The Bertz CT molecular complexity index is 1240. The smallest absolute Gasteiger partial charge is 0.259 e. The lowest BCUT2D eigenvalue weighted by Gasteiger charge is -2.26. The molecule has 178 valence electrons. The van der Waals surface area contributed by atoms with Crippen LogP contribution in [0.1, 0.15) is 77.4 Å². The second-order valence-corrected chi connectivity index (χ2v) is 11.0. The van der Waals surface area contributed by atoms with E-state index in [0.29, 0.717) is 6.54 Å². The Hall–Kier alpha value is -2.78. The predicted molar refractivity (Wildman–Crippen MR) is 135 cm³/mol. The molecule has 0 saturated heterocycles. The lowest BCUT2D eigenvalue weighted by atomic mass is 9.95. The maximum Gasteiger partial charge on any atom is 0.259 e. The second-order valence-electron chi connectivity index (χ2n) is 9.18. The Labute approximate surface area is 206 Å². The van der Waals surface area contributed by atoms with E-state index in [1.54, 1.807) is 42.1 Å². The van der Waals surface area contributed by atoms with Crippen LogP contribution in [0.2, 0.25) is 0 Å². The molecule has 0 aromatic carbocycles. The van der Waals surface area contributed by atoms with Crippen LogP contribution in [0.15, 0.2) is 40.1 Å². The first-order valence-corrected chi connectivity index (χ1v) is 13.6. The van der Waals surface area contributed by atoms with Gasteiger partial charge in [-0.05, 0) is 37.1 Å². The van der Waals surface area contributed by atoms with Crippen molar-refractivity contribution in [2.75, 3.05) is 7.05 Å². The third kappa shape index (κ3) is 5.00. The number of carbonyl (C=O) groups is 2. The first-order chi connectivity index (χ1) is 16.5. The maximum atomic E-state index is 13.4. The summed E-state index contributed by atoms with van der Waals surface area (Å²) < 4.78 is 1.93. The molecule has 0 radical (unpaired) electrons. The molecular formula is C25H28N4O3S2. The average molecular weight is 497 g/mol. The van der Waals surface area contributed by atoms with E-state index >= 15 is 0 Å². The minimum absolute atomic E-state index is 0.0465. The van der Waals surface area contributed by atoms with E-state index in [2.05, 4.69) is 10.3 Å². The molecule has 3 aromatic heterocycles. The van der Waals surface area contributed by atoms with Gasteiger partial charge in [0.15, 0.2) is 0 Å². The van der Waals surface area contributed by atoms with Gasteiger partial charge in [-0.25, -0.2) is 4.98 Å². The number of nitrogens with zero attached hydrogens (tertiary/aromatic N) is 3. The minimum Gasteiger partial charge on any atom is -0.349 e. The summed E-state index contributed by atoms with van der Waals surface area (Å²) in [7, 11) is 1.67. The van der Waals surface area contributed by atoms with Crippen molar-refractivity contribution in [2.24, 2.45) is 0 Å². The molecule has 2 aliphatic rings. The van der Waals surface area contributed by atoms with E-state index in [4.69, 9.17) is 0 Å². The number of aromatic nitrogens is 2. The topological polar surface area (TPSA) is 84.3 Å². The number of amides is 2. The van der Waals surface area contributed by atoms with Crippen LogP contribution in [-0.2, 0) is 6.54 Å². The summed E-state index contributed by atoms with van der Waals surface area (Å²) in [6.45, 7) is 0.294. The number of carbonyl (C=O) groups excluding carboxylic acids is 2. The quantitative estimate of drug-likeness (QED) is 0.514. The van der Waals surface area contributed by atoms with Crippen molar-refractivity contribution >= 4 is 34.5 Å². The van der Waals surface area contributed by atoms with Crippen LogP contribution in [0.25, 0.3) is 9.88 Å². The molecule has 0 spiro atoms. The fourth-order valence-electron chi connectivity index (χ4n) is 4.41. The van der Waals surface area contributed by atoms with Gasteiger partial charge in [0.05, 0.1) is 17.1 Å². The SMILES string of the molecule is CN(Cc1csc(-c2cccs2)n1)C(=O)c1cn(C2CCCCC2)cc(C(=O)NC2CC2)c1=O. The van der Waals surface area contributed by atoms with Crippen LogP contribution in [0.3, 0.4) is 0 Å². The van der Waals surface area contributed by atoms with Gasteiger partial charge in [0, 0.05) is 36.9 Å². The van der Waals surface area contributed by atoms with E-state index in [-0.39, 0.29) is 35.0 Å². The van der Waals surface area contributed by atoms with Crippen molar-refractivity contribution in [1.29, 1.82) is 0 Å². The summed E-state index contributed by atoms with van der Waals surface area (Å²) in [5, 5.41) is 7.78. The largest absolute Gasteiger partial charge is 0.349 e. The third-order valence-electron chi connectivity index (χ3n) is 6.46. The zero-order chi connectivity index (χ0) is 23.7. The van der Waals surface area contributed by atoms with Gasteiger partial charge in [0.2, 0.25) is 5.43 Å². The standard InChI is InChI=1S/C25H28N4O3S2/c1-28(12-17-15-34-24(27-17)21-8-5-11-33-21)25(32)20-14-29(18-6-3-2-4-7-18)13-19(22(20)30)23(31)26-16-9-10-16/h5,8,11,13-16,18H,2-4,6-7,9-10,12H2,1H3,(H,26,31). The first kappa shape index (κ1) is 23.0. The molecule has 34 heavy (non-hydrogen) atoms. The molecule has 0 bridgehead atoms. The molecule has 7 nitrogen and oxygen atoms in total. The number of thiazole rings is 1. The van der Waals surface area contributed by atoms with Crippen molar-refractivity contribution in [3.63, 3.8) is 0 Å². The van der Waals surface area contributed by atoms with Crippen molar-refractivity contribution in [1.82, 2.24) is 19.8 Å². The molecule has 2 fully saturated rings. The van der Waals surface area contributed by atoms with Crippen molar-refractivity contribution in [3.05, 3.63) is 62.3 Å². The third-order valence-corrected chi connectivity index (χ3v) is 8.39. The Morgan fingerprint density at radius 2 is 1.88 bits per heavy atom. The van der Waals surface area contributed by atoms with E-state index in [0.717, 1.165) is 54.1 Å². The number of hydrogen-bond donors (Lipinski definition) is 1. The monoisotopic (exact) mass is 496 g/mol.